The summed E-state index contributed by atoms with van der Waals surface area (Å²) in [5.74, 6) is -1.67. The molecule has 2 N–H and O–H groups in total. The Morgan fingerprint density at radius 1 is 1.08 bits per heavy atom. The fraction of sp³-hybridized carbons (Fsp3) is 0.314. The Morgan fingerprint density at radius 2 is 1.82 bits per heavy atom. The van der Waals surface area contributed by atoms with Gasteiger partial charge in [0.25, 0.3) is 0 Å². The van der Waals surface area contributed by atoms with Crippen molar-refractivity contribution in [2.45, 2.75) is 44.5 Å². The van der Waals surface area contributed by atoms with E-state index in [9.17, 15) is 27.5 Å². The van der Waals surface area contributed by atoms with Gasteiger partial charge in [-0.3, -0.25) is 0 Å². The van der Waals surface area contributed by atoms with E-state index in [-0.39, 0.29) is 29.1 Å². The van der Waals surface area contributed by atoms with Crippen LogP contribution in [0.4, 0.5) is 23.4 Å². The number of nitriles is 1. The molecular weight excluding hydrogens is 674 g/mol. The number of aliphatic carboxylic acids is 1. The molecule has 2 fully saturated rings. The number of aromatic carboxylic acids is 1. The van der Waals surface area contributed by atoms with Crippen LogP contribution in [0.5, 0.6) is 5.88 Å². The molecule has 51 heavy (non-hydrogen) atoms. The summed E-state index contributed by atoms with van der Waals surface area (Å²) in [7, 11) is 1.96. The third-order valence-corrected chi connectivity index (χ3v) is 9.35. The second-order valence-corrected chi connectivity index (χ2v) is 12.5. The number of pyridine rings is 1. The molecule has 2 aromatic carbocycles. The number of rotatable bonds is 8. The van der Waals surface area contributed by atoms with E-state index in [2.05, 4.69) is 14.5 Å². The number of ether oxygens (including phenoxy) is 1. The largest absolute Gasteiger partial charge is 0.490 e. The molecule has 0 radical (unpaired) electrons. The molecule has 2 aliphatic rings. The zero-order valence-corrected chi connectivity index (χ0v) is 27.1. The summed E-state index contributed by atoms with van der Waals surface area (Å²) in [6.45, 7) is 2.25. The van der Waals surface area contributed by atoms with E-state index in [4.69, 9.17) is 29.9 Å². The zero-order valence-electron chi connectivity index (χ0n) is 27.1. The second-order valence-electron chi connectivity index (χ2n) is 12.5. The minimum Gasteiger partial charge on any atom is -0.478 e. The number of fused-ring (bicyclic) bond motifs is 1. The summed E-state index contributed by atoms with van der Waals surface area (Å²) in [5, 5.41) is 25.7. The van der Waals surface area contributed by atoms with E-state index >= 15 is 0 Å². The third kappa shape index (κ3) is 7.47. The molecule has 5 aromatic rings. The molecule has 1 aliphatic heterocycles. The Hall–Kier alpha value is -5.98. The van der Waals surface area contributed by atoms with Crippen LogP contribution < -0.4 is 9.64 Å². The van der Waals surface area contributed by atoms with Gasteiger partial charge in [0, 0.05) is 43.9 Å². The van der Waals surface area contributed by atoms with Crippen molar-refractivity contribution in [2.24, 2.45) is 12.5 Å². The van der Waals surface area contributed by atoms with Crippen LogP contribution in [-0.2, 0) is 25.0 Å². The van der Waals surface area contributed by atoms with E-state index < -0.39 is 23.9 Å². The predicted octanol–water partition coefficient (Wildman–Crippen LogP) is 5.91. The monoisotopic (exact) mass is 705 g/mol. The van der Waals surface area contributed by atoms with E-state index in [1.165, 1.54) is 6.07 Å². The molecule has 1 aliphatic carbocycles. The van der Waals surface area contributed by atoms with Crippen LogP contribution in [-0.4, -0.2) is 65.5 Å². The Morgan fingerprint density at radius 3 is 2.45 bits per heavy atom. The van der Waals surface area contributed by atoms with Crippen LogP contribution >= 0.6 is 0 Å². The number of benzene rings is 2. The first-order valence-corrected chi connectivity index (χ1v) is 15.8. The molecule has 16 heteroatoms. The quantitative estimate of drug-likeness (QED) is 0.186. The molecule has 264 valence electrons. The van der Waals surface area contributed by atoms with Gasteiger partial charge in [0.05, 0.1) is 46.8 Å². The lowest BCUT2D eigenvalue weighted by molar-refractivity contribution is -0.192. The number of halogens is 4. The topological polar surface area (TPSA) is 159 Å². The summed E-state index contributed by atoms with van der Waals surface area (Å²) in [5.41, 5.74) is 3.66. The summed E-state index contributed by atoms with van der Waals surface area (Å²) in [6.07, 6.45) is 1.52. The summed E-state index contributed by atoms with van der Waals surface area (Å²) < 4.78 is 56.0. The molecule has 1 atom stereocenters. The smallest absolute Gasteiger partial charge is 0.478 e. The van der Waals surface area contributed by atoms with Gasteiger partial charge >= 0.3 is 18.1 Å². The average molecular weight is 706 g/mol. The lowest BCUT2D eigenvalue weighted by Crippen LogP contribution is -2.35. The number of carbonyl (C=O) groups is 2. The number of hydrogen-bond donors (Lipinski definition) is 2. The lowest BCUT2D eigenvalue weighted by Gasteiger charge is -2.34. The van der Waals surface area contributed by atoms with Crippen LogP contribution in [0.15, 0.2) is 67.1 Å². The van der Waals surface area contributed by atoms with Crippen LogP contribution in [0.2, 0.25) is 0 Å². The maximum absolute atomic E-state index is 14.3. The molecule has 12 nitrogen and oxygen atoms in total. The van der Waals surface area contributed by atoms with Crippen LogP contribution in [0, 0.1) is 22.6 Å². The number of piperidine rings is 1. The van der Waals surface area contributed by atoms with Crippen molar-refractivity contribution in [3.05, 3.63) is 101 Å². The molecule has 4 heterocycles. The van der Waals surface area contributed by atoms with Crippen molar-refractivity contribution < 1.29 is 42.1 Å². The molecule has 1 unspecified atom stereocenters. The van der Waals surface area contributed by atoms with Gasteiger partial charge in [-0.25, -0.2) is 23.9 Å². The van der Waals surface area contributed by atoms with Gasteiger partial charge in [-0.2, -0.15) is 23.4 Å². The van der Waals surface area contributed by atoms with Gasteiger partial charge in [0.15, 0.2) is 0 Å². The molecule has 0 amide bonds. The Balaban J connectivity index is 0.000000582. The summed E-state index contributed by atoms with van der Waals surface area (Å²) in [4.78, 5) is 36.9. The van der Waals surface area contributed by atoms with Crippen molar-refractivity contribution >= 4 is 28.8 Å². The number of alkyl halides is 3. The Bertz CT molecular complexity index is 2150. The molecule has 1 spiro atoms. The van der Waals surface area contributed by atoms with Crippen LogP contribution in [0.3, 0.4) is 0 Å². The van der Waals surface area contributed by atoms with Crippen molar-refractivity contribution in [3.8, 4) is 11.9 Å². The molecule has 3 aromatic heterocycles. The number of aromatic nitrogens is 5. The standard InChI is InChI=1S/C33H30FN7O3.C2HF3O2/c1-39-20-36-17-24(39)18-41-28-14-22(32(42)43)7-8-27(28)37-31(41)25-15-33(25)9-11-40(12-10-33)29-3-2-4-30(38-29)44-19-23-6-5-21(16-35)13-26(23)34;3-2(4,5)1(6)7/h2-8,13-14,17,20,25H,9-12,15,18-19H2,1H3,(H,42,43);(H,6,7). The van der Waals surface area contributed by atoms with Crippen molar-refractivity contribution in [1.29, 1.82) is 5.26 Å². The second kappa shape index (κ2) is 13.7. The van der Waals surface area contributed by atoms with Gasteiger partial charge in [-0.1, -0.05) is 12.1 Å². The number of aryl methyl sites for hydroxylation is 1. The molecule has 0 bridgehead atoms. The van der Waals surface area contributed by atoms with Crippen molar-refractivity contribution in [1.82, 2.24) is 24.1 Å². The fourth-order valence-electron chi connectivity index (χ4n) is 6.40. The Labute approximate surface area is 288 Å². The zero-order chi connectivity index (χ0) is 36.5. The van der Waals surface area contributed by atoms with Gasteiger partial charge in [-0.15, -0.1) is 0 Å². The lowest BCUT2D eigenvalue weighted by atomic mass is 9.90. The van der Waals surface area contributed by atoms with Gasteiger partial charge in [0.1, 0.15) is 24.1 Å². The summed E-state index contributed by atoms with van der Waals surface area (Å²) >= 11 is 0. The van der Waals surface area contributed by atoms with E-state index in [1.54, 1.807) is 42.7 Å². The van der Waals surface area contributed by atoms with E-state index in [0.717, 1.165) is 60.7 Å². The highest BCUT2D eigenvalue weighted by atomic mass is 19.4. The third-order valence-electron chi connectivity index (χ3n) is 9.35. The minimum atomic E-state index is -5.08. The number of carboxylic acid groups (broad SMARTS) is 2. The minimum absolute atomic E-state index is 0.0204. The highest BCUT2D eigenvalue weighted by molar-refractivity contribution is 5.92. The molecule has 7 rings (SSSR count). The highest BCUT2D eigenvalue weighted by Gasteiger charge is 2.57. The van der Waals surface area contributed by atoms with Crippen molar-refractivity contribution in [3.63, 3.8) is 0 Å². The van der Waals surface area contributed by atoms with Gasteiger partial charge in [-0.05, 0) is 61.1 Å². The highest BCUT2D eigenvalue weighted by Crippen LogP contribution is 2.65. The number of nitrogens with zero attached hydrogens (tertiary/aromatic N) is 7. The van der Waals surface area contributed by atoms with Gasteiger partial charge < -0.3 is 29.0 Å². The van der Waals surface area contributed by atoms with Crippen LogP contribution in [0.1, 0.15) is 58.2 Å². The average Bonchev–Trinajstić information content (AvgIpc) is 3.43. The number of hydrogen-bond acceptors (Lipinski definition) is 8. The first kappa shape index (κ1) is 34.9. The first-order chi connectivity index (χ1) is 24.3. The summed E-state index contributed by atoms with van der Waals surface area (Å²) in [6, 6.07) is 17.0. The number of carboxylic acids is 2. The molecule has 1 saturated carbocycles. The number of imidazole rings is 2. The molecular formula is C35H31F4N7O5. The van der Waals surface area contributed by atoms with Gasteiger partial charge in [0.2, 0.25) is 5.88 Å². The van der Waals surface area contributed by atoms with Crippen molar-refractivity contribution in [2.75, 3.05) is 18.0 Å². The maximum atomic E-state index is 14.3. The van der Waals surface area contributed by atoms with Crippen LogP contribution in [0.25, 0.3) is 11.0 Å². The first-order valence-electron chi connectivity index (χ1n) is 15.8. The molecule has 1 saturated heterocycles. The normalized spacial score (nSPS) is 16.3. The maximum Gasteiger partial charge on any atom is 0.490 e. The van der Waals surface area contributed by atoms with E-state index in [0.29, 0.717) is 18.0 Å². The Kier molecular flexibility index (Phi) is 9.39. The SMILES string of the molecule is Cn1cncc1Cn1c(C2CC23CCN(c2cccc(OCc4ccc(C#N)cc4F)n2)CC3)nc2ccc(C(=O)O)cc21.O=C(O)C(F)(F)F. The fourth-order valence-corrected chi connectivity index (χ4v) is 6.40. The van der Waals surface area contributed by atoms with E-state index in [1.807, 2.05) is 36.0 Å². The number of anilines is 1. The predicted molar refractivity (Wildman–Crippen MR) is 174 cm³/mol.